The number of alkyl halides is 2. The lowest BCUT2D eigenvalue weighted by molar-refractivity contribution is 0.231. The van der Waals surface area contributed by atoms with Crippen molar-refractivity contribution in [1.82, 2.24) is 19.3 Å². The van der Waals surface area contributed by atoms with Crippen LogP contribution in [-0.4, -0.2) is 41.5 Å². The highest BCUT2D eigenvalue weighted by molar-refractivity contribution is 7.89. The number of halogens is 2. The van der Waals surface area contributed by atoms with Gasteiger partial charge in [0.15, 0.2) is 11.1 Å². The summed E-state index contributed by atoms with van der Waals surface area (Å²) in [5.41, 5.74) is 1.92. The molecule has 3 atom stereocenters. The molecule has 0 aliphatic heterocycles. The molecule has 8 nitrogen and oxygen atoms in total. The number of aromatic nitrogens is 3. The topological polar surface area (TPSA) is 104 Å². The summed E-state index contributed by atoms with van der Waals surface area (Å²) in [6, 6.07) is 1.14. The molecule has 2 heterocycles. The van der Waals surface area contributed by atoms with E-state index in [4.69, 9.17) is 0 Å². The molecule has 11 heteroatoms. The van der Waals surface area contributed by atoms with E-state index in [0.717, 1.165) is 11.9 Å². The van der Waals surface area contributed by atoms with Gasteiger partial charge in [0, 0.05) is 25.0 Å². The fourth-order valence-corrected chi connectivity index (χ4v) is 4.45. The van der Waals surface area contributed by atoms with Crippen LogP contribution in [-0.2, 0) is 10.0 Å². The fourth-order valence-electron chi connectivity index (χ4n) is 3.69. The highest BCUT2D eigenvalue weighted by Gasteiger charge is 2.38. The molecule has 1 saturated carbocycles. The molecule has 0 amide bonds. The monoisotopic (exact) mass is 386 g/mol. The molecule has 1 aliphatic carbocycles. The summed E-state index contributed by atoms with van der Waals surface area (Å²) in [5, 5.41) is 7.59. The van der Waals surface area contributed by atoms with Gasteiger partial charge in [-0.1, -0.05) is 13.3 Å². The minimum absolute atomic E-state index is 0.0876. The van der Waals surface area contributed by atoms with Gasteiger partial charge in [-0.25, -0.2) is 18.1 Å². The molecule has 3 rings (SSSR count). The van der Waals surface area contributed by atoms with E-state index in [1.54, 1.807) is 12.4 Å². The van der Waals surface area contributed by atoms with E-state index in [2.05, 4.69) is 31.6 Å². The third-order valence-electron chi connectivity index (χ3n) is 4.77. The molecule has 26 heavy (non-hydrogen) atoms. The van der Waals surface area contributed by atoms with Crippen LogP contribution in [0.4, 0.5) is 8.78 Å². The average Bonchev–Trinajstić information content (AvgIpc) is 3.20. The highest BCUT2D eigenvalue weighted by atomic mass is 32.2. The van der Waals surface area contributed by atoms with Crippen LogP contribution in [0.15, 0.2) is 28.7 Å². The van der Waals surface area contributed by atoms with E-state index in [-0.39, 0.29) is 12.0 Å². The van der Waals surface area contributed by atoms with E-state index < -0.39 is 21.8 Å². The van der Waals surface area contributed by atoms with Crippen molar-refractivity contribution in [2.45, 2.75) is 44.0 Å². The second kappa shape index (κ2) is 7.23. The largest absolute Gasteiger partial charge is 0.350 e. The van der Waals surface area contributed by atoms with Crippen molar-refractivity contribution in [1.29, 1.82) is 0 Å². The van der Waals surface area contributed by atoms with Crippen LogP contribution < -0.4 is 10.2 Å². The summed E-state index contributed by atoms with van der Waals surface area (Å²) in [6.07, 6.45) is 4.90. The molecule has 142 valence electrons. The maximum atomic E-state index is 12.7. The number of hydrogen-bond acceptors (Lipinski definition) is 5. The zero-order valence-corrected chi connectivity index (χ0v) is 15.0. The average molecular weight is 386 g/mol. The van der Waals surface area contributed by atoms with Crippen LogP contribution >= 0.6 is 0 Å². The van der Waals surface area contributed by atoms with Crippen LogP contribution in [0.25, 0.3) is 11.2 Å². The Kier molecular flexibility index (Phi) is 5.19. The minimum atomic E-state index is -4.63. The highest BCUT2D eigenvalue weighted by Crippen LogP contribution is 2.39. The molecule has 1 unspecified atom stereocenters. The van der Waals surface area contributed by atoms with E-state index in [0.29, 0.717) is 24.0 Å². The van der Waals surface area contributed by atoms with Crippen molar-refractivity contribution >= 4 is 27.9 Å². The quantitative estimate of drug-likeness (QED) is 0.584. The number of fused-ring (bicyclic) bond motifs is 1. The zero-order valence-electron chi connectivity index (χ0n) is 14.1. The molecule has 0 saturated heterocycles. The molecule has 1 fully saturated rings. The Labute approximate surface area is 149 Å². The van der Waals surface area contributed by atoms with Crippen molar-refractivity contribution < 1.29 is 17.2 Å². The Hall–Kier alpha value is -2.14. The van der Waals surface area contributed by atoms with Crippen LogP contribution in [0.1, 0.15) is 32.2 Å². The maximum absolute atomic E-state index is 12.7. The third-order valence-corrected chi connectivity index (χ3v) is 5.90. The Morgan fingerprint density at radius 2 is 2.27 bits per heavy atom. The van der Waals surface area contributed by atoms with Gasteiger partial charge in [0.2, 0.25) is 0 Å². The summed E-state index contributed by atoms with van der Waals surface area (Å²) in [7, 11) is -4.63. The van der Waals surface area contributed by atoms with E-state index >= 15 is 0 Å². The van der Waals surface area contributed by atoms with Crippen molar-refractivity contribution in [2.75, 3.05) is 0 Å². The van der Waals surface area contributed by atoms with E-state index in [9.17, 15) is 17.2 Å². The smallest absolute Gasteiger partial charge is 0.345 e. The van der Waals surface area contributed by atoms with Crippen LogP contribution in [0.5, 0.6) is 0 Å². The fraction of sp³-hybridized carbons (Fsp3) is 0.533. The molecule has 2 N–H and O–H groups in total. The van der Waals surface area contributed by atoms with E-state index in [1.807, 2.05) is 17.6 Å². The first kappa shape index (κ1) is 18.6. The summed E-state index contributed by atoms with van der Waals surface area (Å²) in [5.74, 6) is -3.35. The van der Waals surface area contributed by atoms with Crippen LogP contribution in [0.2, 0.25) is 0 Å². The molecule has 0 aromatic carbocycles. The zero-order chi connectivity index (χ0) is 18.9. The number of hydrogen-bond donors (Lipinski definition) is 2. The standard InChI is InChI=1S/C15H20F2N6O2S/c1-3-9-6-10(22-26(24,25)15(16)17)7-12(9)23-11-4-5-19-14(11)20-8-13(23)21-18-2/h4-5,8-10,12,15,19,22H,2-3,6-7H2,1H3/b21-13-/t9-,10+,12?/m1/s1. The summed E-state index contributed by atoms with van der Waals surface area (Å²) >= 11 is 0. The van der Waals surface area contributed by atoms with Gasteiger partial charge < -0.3 is 9.55 Å². The van der Waals surface area contributed by atoms with Crippen molar-refractivity contribution in [2.24, 2.45) is 16.1 Å². The predicted molar refractivity (Wildman–Crippen MR) is 93.1 cm³/mol. The Bertz CT molecular complexity index is 968. The molecule has 0 bridgehead atoms. The molecule has 0 spiro atoms. The molecule has 0 radical (unpaired) electrons. The number of H-pyrrole nitrogens is 1. The lowest BCUT2D eigenvalue weighted by atomic mass is 10.00. The van der Waals surface area contributed by atoms with Crippen molar-refractivity contribution in [3.63, 3.8) is 0 Å². The maximum Gasteiger partial charge on any atom is 0.350 e. The van der Waals surface area contributed by atoms with Crippen molar-refractivity contribution in [3.05, 3.63) is 23.9 Å². The van der Waals surface area contributed by atoms with Gasteiger partial charge in [0.05, 0.1) is 11.7 Å². The van der Waals surface area contributed by atoms with Gasteiger partial charge in [-0.3, -0.25) is 0 Å². The molecular weight excluding hydrogens is 366 g/mol. The Balaban J connectivity index is 2.02. The number of nitrogens with zero attached hydrogens (tertiary/aromatic N) is 4. The lowest BCUT2D eigenvalue weighted by Crippen LogP contribution is -2.37. The number of aromatic amines is 1. The first-order valence-electron chi connectivity index (χ1n) is 8.21. The molecule has 2 aromatic rings. The third kappa shape index (κ3) is 3.40. The normalized spacial score (nSPS) is 24.6. The van der Waals surface area contributed by atoms with Gasteiger partial charge in [-0.15, -0.1) is 5.10 Å². The molecule has 2 aromatic heterocycles. The predicted octanol–water partition coefficient (Wildman–Crippen LogP) is 1.75. The summed E-state index contributed by atoms with van der Waals surface area (Å²) < 4.78 is 52.5. The summed E-state index contributed by atoms with van der Waals surface area (Å²) in [4.78, 5) is 7.30. The first-order valence-corrected chi connectivity index (χ1v) is 9.75. The Morgan fingerprint density at radius 3 is 2.92 bits per heavy atom. The van der Waals surface area contributed by atoms with Gasteiger partial charge in [-0.05, 0) is 24.8 Å². The minimum Gasteiger partial charge on any atom is -0.345 e. The van der Waals surface area contributed by atoms with Gasteiger partial charge >= 0.3 is 5.76 Å². The van der Waals surface area contributed by atoms with Crippen LogP contribution in [0.3, 0.4) is 0 Å². The van der Waals surface area contributed by atoms with Crippen LogP contribution in [0, 0.1) is 5.92 Å². The Morgan fingerprint density at radius 1 is 1.50 bits per heavy atom. The SMILES string of the molecule is C=N/N=c1/cnc2[nH]ccc2n1C1C[C@@H](NS(=O)(=O)C(F)F)C[C@H]1CC. The van der Waals surface area contributed by atoms with Gasteiger partial charge in [0.1, 0.15) is 0 Å². The second-order valence-corrected chi connectivity index (χ2v) is 7.95. The number of nitrogens with one attached hydrogen (secondary N) is 2. The van der Waals surface area contributed by atoms with E-state index in [1.165, 1.54) is 0 Å². The lowest BCUT2D eigenvalue weighted by Gasteiger charge is -2.22. The summed E-state index contributed by atoms with van der Waals surface area (Å²) in [6.45, 7) is 5.36. The second-order valence-electron chi connectivity index (χ2n) is 6.27. The number of rotatable bonds is 6. The molecule has 1 aliphatic rings. The number of sulfonamides is 1. The molecular formula is C15H20F2N6O2S. The first-order chi connectivity index (χ1) is 12.4. The van der Waals surface area contributed by atoms with Crippen molar-refractivity contribution in [3.8, 4) is 0 Å². The van der Waals surface area contributed by atoms with Gasteiger partial charge in [0.25, 0.3) is 10.0 Å². The van der Waals surface area contributed by atoms with Gasteiger partial charge in [-0.2, -0.15) is 13.9 Å².